The Labute approximate surface area is 123 Å². The molecule has 3 aromatic heterocycles. The van der Waals surface area contributed by atoms with E-state index >= 15 is 0 Å². The molecule has 0 bridgehead atoms. The molecule has 0 spiro atoms. The van der Waals surface area contributed by atoms with E-state index in [9.17, 15) is 5.11 Å². The van der Waals surface area contributed by atoms with Gasteiger partial charge in [0, 0.05) is 29.8 Å². The molecule has 0 fully saturated rings. The van der Waals surface area contributed by atoms with Crippen LogP contribution in [0.1, 0.15) is 6.92 Å². The van der Waals surface area contributed by atoms with Crippen LogP contribution in [0.3, 0.4) is 0 Å². The topological polar surface area (TPSA) is 76.7 Å². The van der Waals surface area contributed by atoms with E-state index in [1.165, 1.54) is 17.4 Å². The average Bonchev–Trinajstić information content (AvgIpc) is 3.06. The predicted octanol–water partition coefficient (Wildman–Crippen LogP) is 2.84. The van der Waals surface area contributed by atoms with E-state index in [0.717, 1.165) is 12.1 Å². The minimum absolute atomic E-state index is 0.111. The highest BCUT2D eigenvalue weighted by molar-refractivity contribution is 7.13. The molecule has 0 atom stereocenters. The molecule has 8 heteroatoms. The Morgan fingerprint density at radius 3 is 2.85 bits per heavy atom. The van der Waals surface area contributed by atoms with Gasteiger partial charge in [-0.1, -0.05) is 11.6 Å². The summed E-state index contributed by atoms with van der Waals surface area (Å²) >= 11 is 7.12. The molecule has 0 radical (unpaired) electrons. The lowest BCUT2D eigenvalue weighted by atomic mass is 10.2. The summed E-state index contributed by atoms with van der Waals surface area (Å²) in [6, 6.07) is 1.50. The second-order valence-corrected chi connectivity index (χ2v) is 5.24. The van der Waals surface area contributed by atoms with E-state index in [4.69, 9.17) is 11.6 Å². The number of hydrogen-bond donors (Lipinski definition) is 1. The minimum atomic E-state index is -0.111. The standard InChI is InChI=1S/C12H10ClN5OS/c1-2-18-5-7(4-14-18)8-3-10(19)17-11(15-8)12-16-9(13)6-20-12/h3-6H,2H2,1H3,(H,15,17,19). The summed E-state index contributed by atoms with van der Waals surface area (Å²) in [5.74, 6) is 0.238. The van der Waals surface area contributed by atoms with Crippen LogP contribution in [0, 0.1) is 0 Å². The summed E-state index contributed by atoms with van der Waals surface area (Å²) in [6.07, 6.45) is 3.56. The van der Waals surface area contributed by atoms with Gasteiger partial charge in [-0.2, -0.15) is 10.1 Å². The maximum absolute atomic E-state index is 9.75. The Hall–Kier alpha value is -1.99. The summed E-state index contributed by atoms with van der Waals surface area (Å²) in [7, 11) is 0. The molecule has 3 rings (SSSR count). The first-order valence-electron chi connectivity index (χ1n) is 5.88. The Morgan fingerprint density at radius 2 is 2.20 bits per heavy atom. The molecule has 0 aliphatic rings. The molecule has 0 aliphatic heterocycles. The Bertz CT molecular complexity index is 754. The lowest BCUT2D eigenvalue weighted by Gasteiger charge is -2.01. The molecular weight excluding hydrogens is 298 g/mol. The lowest BCUT2D eigenvalue weighted by molar-refractivity contribution is 0.453. The zero-order valence-electron chi connectivity index (χ0n) is 10.5. The largest absolute Gasteiger partial charge is 0.493 e. The molecule has 0 unspecified atom stereocenters. The van der Waals surface area contributed by atoms with E-state index in [1.54, 1.807) is 16.3 Å². The number of rotatable bonds is 3. The molecule has 1 N–H and O–H groups in total. The van der Waals surface area contributed by atoms with Crippen LogP contribution in [0.25, 0.3) is 22.1 Å². The van der Waals surface area contributed by atoms with Gasteiger partial charge in [0.25, 0.3) is 0 Å². The van der Waals surface area contributed by atoms with Crippen molar-refractivity contribution in [1.29, 1.82) is 0 Å². The number of halogens is 1. The first kappa shape index (κ1) is 13.0. The zero-order chi connectivity index (χ0) is 14.1. The van der Waals surface area contributed by atoms with Crippen molar-refractivity contribution < 1.29 is 5.11 Å². The number of thiazole rings is 1. The molecule has 0 amide bonds. The van der Waals surface area contributed by atoms with Crippen LogP contribution in [0.2, 0.25) is 5.15 Å². The molecule has 20 heavy (non-hydrogen) atoms. The van der Waals surface area contributed by atoms with Crippen molar-refractivity contribution in [2.24, 2.45) is 0 Å². The van der Waals surface area contributed by atoms with Crippen molar-refractivity contribution in [3.8, 4) is 28.0 Å². The normalized spacial score (nSPS) is 10.9. The number of nitrogens with zero attached hydrogens (tertiary/aromatic N) is 5. The molecule has 0 aromatic carbocycles. The average molecular weight is 308 g/mol. The molecule has 0 saturated carbocycles. The molecule has 0 aliphatic carbocycles. The van der Waals surface area contributed by atoms with Crippen molar-refractivity contribution in [3.63, 3.8) is 0 Å². The van der Waals surface area contributed by atoms with Crippen LogP contribution in [-0.4, -0.2) is 29.8 Å². The minimum Gasteiger partial charge on any atom is -0.493 e. The summed E-state index contributed by atoms with van der Waals surface area (Å²) in [5.41, 5.74) is 1.41. The Kier molecular flexibility index (Phi) is 3.37. The number of hydrogen-bond acceptors (Lipinski definition) is 6. The fourth-order valence-electron chi connectivity index (χ4n) is 1.70. The van der Waals surface area contributed by atoms with Crippen LogP contribution in [0.4, 0.5) is 0 Å². The van der Waals surface area contributed by atoms with Crippen LogP contribution >= 0.6 is 22.9 Å². The highest BCUT2D eigenvalue weighted by Crippen LogP contribution is 2.27. The van der Waals surface area contributed by atoms with E-state index in [-0.39, 0.29) is 5.88 Å². The van der Waals surface area contributed by atoms with Crippen LogP contribution in [-0.2, 0) is 6.54 Å². The van der Waals surface area contributed by atoms with Gasteiger partial charge in [0.2, 0.25) is 5.88 Å². The van der Waals surface area contributed by atoms with E-state index < -0.39 is 0 Å². The molecule has 3 aromatic rings. The summed E-state index contributed by atoms with van der Waals surface area (Å²) in [4.78, 5) is 12.5. The van der Waals surface area contributed by atoms with Gasteiger partial charge in [-0.05, 0) is 6.92 Å². The van der Waals surface area contributed by atoms with Crippen LogP contribution in [0.5, 0.6) is 5.88 Å². The second kappa shape index (κ2) is 5.18. The smallest absolute Gasteiger partial charge is 0.215 e. The quantitative estimate of drug-likeness (QED) is 0.805. The fourth-order valence-corrected chi connectivity index (χ4v) is 2.58. The first-order chi connectivity index (χ1) is 9.65. The summed E-state index contributed by atoms with van der Waals surface area (Å²) in [5, 5.41) is 16.6. The molecule has 6 nitrogen and oxygen atoms in total. The SMILES string of the molecule is CCn1cc(-c2cc(O)nc(-c3nc(Cl)cs3)n2)cn1. The number of aryl methyl sites for hydroxylation is 1. The van der Waals surface area contributed by atoms with Gasteiger partial charge in [-0.25, -0.2) is 9.97 Å². The van der Waals surface area contributed by atoms with Gasteiger partial charge < -0.3 is 5.11 Å². The molecular formula is C12H10ClN5OS. The van der Waals surface area contributed by atoms with E-state index in [0.29, 0.717) is 21.7 Å². The fraction of sp³-hybridized carbons (Fsp3) is 0.167. The third-order valence-electron chi connectivity index (χ3n) is 2.63. The highest BCUT2D eigenvalue weighted by Gasteiger charge is 2.12. The predicted molar refractivity (Wildman–Crippen MR) is 76.7 cm³/mol. The second-order valence-electron chi connectivity index (χ2n) is 4.00. The first-order valence-corrected chi connectivity index (χ1v) is 7.13. The van der Waals surface area contributed by atoms with Gasteiger partial charge in [-0.15, -0.1) is 11.3 Å². The van der Waals surface area contributed by atoms with Gasteiger partial charge in [0.15, 0.2) is 10.8 Å². The van der Waals surface area contributed by atoms with Crippen LogP contribution in [0.15, 0.2) is 23.8 Å². The third kappa shape index (κ3) is 2.50. The molecule has 0 saturated heterocycles. The van der Waals surface area contributed by atoms with Crippen molar-refractivity contribution in [2.45, 2.75) is 13.5 Å². The van der Waals surface area contributed by atoms with Crippen molar-refractivity contribution in [3.05, 3.63) is 29.0 Å². The van der Waals surface area contributed by atoms with Gasteiger partial charge in [-0.3, -0.25) is 4.68 Å². The van der Waals surface area contributed by atoms with Gasteiger partial charge >= 0.3 is 0 Å². The van der Waals surface area contributed by atoms with Gasteiger partial charge in [0.1, 0.15) is 5.15 Å². The summed E-state index contributed by atoms with van der Waals surface area (Å²) in [6.45, 7) is 2.77. The Morgan fingerprint density at radius 1 is 1.35 bits per heavy atom. The number of aromatic hydroxyl groups is 1. The highest BCUT2D eigenvalue weighted by atomic mass is 35.5. The molecule has 3 heterocycles. The van der Waals surface area contributed by atoms with Crippen molar-refractivity contribution in [2.75, 3.05) is 0 Å². The van der Waals surface area contributed by atoms with Crippen molar-refractivity contribution >= 4 is 22.9 Å². The zero-order valence-corrected chi connectivity index (χ0v) is 12.1. The molecule has 102 valence electrons. The van der Waals surface area contributed by atoms with E-state index in [1.807, 2.05) is 13.1 Å². The monoisotopic (exact) mass is 307 g/mol. The lowest BCUT2D eigenvalue weighted by Crippen LogP contribution is -1.93. The maximum atomic E-state index is 9.75. The van der Waals surface area contributed by atoms with Crippen molar-refractivity contribution in [1.82, 2.24) is 24.7 Å². The van der Waals surface area contributed by atoms with Gasteiger partial charge in [0.05, 0.1) is 11.9 Å². The summed E-state index contributed by atoms with van der Waals surface area (Å²) < 4.78 is 1.79. The van der Waals surface area contributed by atoms with E-state index in [2.05, 4.69) is 20.1 Å². The Balaban J connectivity index is 2.06. The third-order valence-corrected chi connectivity index (χ3v) is 3.79. The number of aromatic nitrogens is 5. The van der Waals surface area contributed by atoms with Crippen LogP contribution < -0.4 is 0 Å². The maximum Gasteiger partial charge on any atom is 0.215 e.